The number of thiazole rings is 1. The zero-order valence-electron chi connectivity index (χ0n) is 12.0. The van der Waals surface area contributed by atoms with Crippen LogP contribution >= 0.6 is 11.3 Å². The number of carbonyl (C=O) groups is 1. The largest absolute Gasteiger partial charge is 0.379 e. The number of hydrogen-bond donors (Lipinski definition) is 1. The van der Waals surface area contributed by atoms with Crippen LogP contribution in [0, 0.1) is 0 Å². The summed E-state index contributed by atoms with van der Waals surface area (Å²) in [7, 11) is 0. The van der Waals surface area contributed by atoms with Crippen molar-refractivity contribution in [2.45, 2.75) is 25.2 Å². The molecule has 0 saturated carbocycles. The second kappa shape index (κ2) is 7.44. The molecule has 2 aromatic heterocycles. The van der Waals surface area contributed by atoms with Gasteiger partial charge in [0.1, 0.15) is 6.10 Å². The topological polar surface area (TPSA) is 73.3 Å². The van der Waals surface area contributed by atoms with Crippen LogP contribution in [0.25, 0.3) is 0 Å². The van der Waals surface area contributed by atoms with E-state index in [0.29, 0.717) is 25.4 Å². The Kier molecular flexibility index (Phi) is 5.10. The van der Waals surface area contributed by atoms with Gasteiger partial charge in [-0.05, 0) is 18.6 Å². The highest BCUT2D eigenvalue weighted by Crippen LogP contribution is 2.15. The number of carbonyl (C=O) groups excluding carboxylic acids is 1. The van der Waals surface area contributed by atoms with Crippen molar-refractivity contribution in [2.24, 2.45) is 0 Å². The molecule has 22 heavy (non-hydrogen) atoms. The van der Waals surface area contributed by atoms with Gasteiger partial charge in [0.2, 0.25) is 0 Å². The Balaban J connectivity index is 1.58. The van der Waals surface area contributed by atoms with Gasteiger partial charge in [0.25, 0.3) is 5.91 Å². The van der Waals surface area contributed by atoms with Crippen LogP contribution in [0.5, 0.6) is 0 Å². The molecule has 6 nitrogen and oxygen atoms in total. The van der Waals surface area contributed by atoms with E-state index in [1.54, 1.807) is 30.0 Å². The van der Waals surface area contributed by atoms with Gasteiger partial charge in [-0.2, -0.15) is 0 Å². The van der Waals surface area contributed by atoms with Gasteiger partial charge in [-0.1, -0.05) is 0 Å². The van der Waals surface area contributed by atoms with E-state index in [4.69, 9.17) is 9.47 Å². The number of ether oxygens (including phenoxy) is 2. The predicted octanol–water partition coefficient (Wildman–Crippen LogP) is 1.64. The molecule has 0 aromatic carbocycles. The summed E-state index contributed by atoms with van der Waals surface area (Å²) in [6, 6.07) is 3.42. The normalized spacial score (nSPS) is 21.5. The Morgan fingerprint density at radius 2 is 2.50 bits per heavy atom. The molecule has 0 spiro atoms. The lowest BCUT2D eigenvalue weighted by Gasteiger charge is -2.31. The van der Waals surface area contributed by atoms with Crippen LogP contribution in [-0.2, 0) is 16.1 Å². The number of aromatic nitrogens is 2. The van der Waals surface area contributed by atoms with Crippen molar-refractivity contribution in [3.63, 3.8) is 0 Å². The van der Waals surface area contributed by atoms with E-state index in [2.05, 4.69) is 15.3 Å². The lowest BCUT2D eigenvalue weighted by Crippen LogP contribution is -2.50. The fourth-order valence-electron chi connectivity index (χ4n) is 2.29. The van der Waals surface area contributed by atoms with Crippen molar-refractivity contribution in [2.75, 3.05) is 13.2 Å². The maximum atomic E-state index is 12.2. The minimum absolute atomic E-state index is 0.0694. The van der Waals surface area contributed by atoms with E-state index < -0.39 is 0 Å². The minimum atomic E-state index is -0.170. The van der Waals surface area contributed by atoms with Gasteiger partial charge in [0.05, 0.1) is 36.0 Å². The lowest BCUT2D eigenvalue weighted by atomic mass is 10.1. The van der Waals surface area contributed by atoms with Crippen LogP contribution in [0.3, 0.4) is 0 Å². The van der Waals surface area contributed by atoms with E-state index in [1.807, 2.05) is 5.38 Å². The Morgan fingerprint density at radius 1 is 1.55 bits per heavy atom. The van der Waals surface area contributed by atoms with Crippen LogP contribution in [0.4, 0.5) is 0 Å². The maximum Gasteiger partial charge on any atom is 0.253 e. The molecule has 1 aliphatic rings. The SMILES string of the molecule is O=C(N[C@@H]1CCOC[C@H]1OCc1cscn1)c1cccnc1. The summed E-state index contributed by atoms with van der Waals surface area (Å²) in [6.07, 6.45) is 3.76. The maximum absolute atomic E-state index is 12.2. The molecule has 0 bridgehead atoms. The Morgan fingerprint density at radius 3 is 3.27 bits per heavy atom. The van der Waals surface area contributed by atoms with Gasteiger partial charge in [0.15, 0.2) is 0 Å². The van der Waals surface area contributed by atoms with Crippen molar-refractivity contribution >= 4 is 17.2 Å². The van der Waals surface area contributed by atoms with Crippen molar-refractivity contribution in [3.05, 3.63) is 46.7 Å². The van der Waals surface area contributed by atoms with Crippen LogP contribution in [0.2, 0.25) is 0 Å². The first-order valence-electron chi connectivity index (χ1n) is 7.10. The highest BCUT2D eigenvalue weighted by Gasteiger charge is 2.28. The van der Waals surface area contributed by atoms with E-state index >= 15 is 0 Å². The zero-order chi connectivity index (χ0) is 15.2. The van der Waals surface area contributed by atoms with Gasteiger partial charge < -0.3 is 14.8 Å². The van der Waals surface area contributed by atoms with E-state index in [-0.39, 0.29) is 18.1 Å². The van der Waals surface area contributed by atoms with Crippen molar-refractivity contribution < 1.29 is 14.3 Å². The summed E-state index contributed by atoms with van der Waals surface area (Å²) >= 11 is 1.54. The molecular formula is C15H17N3O3S. The fourth-order valence-corrected chi connectivity index (χ4v) is 2.83. The number of amides is 1. The third-order valence-corrected chi connectivity index (χ3v) is 4.11. The molecule has 1 N–H and O–H groups in total. The number of hydrogen-bond acceptors (Lipinski definition) is 6. The molecule has 1 fully saturated rings. The molecule has 0 aliphatic carbocycles. The molecule has 1 aliphatic heterocycles. The number of pyridine rings is 1. The molecule has 7 heteroatoms. The third kappa shape index (κ3) is 3.88. The molecule has 2 atom stereocenters. The average molecular weight is 319 g/mol. The van der Waals surface area contributed by atoms with Crippen LogP contribution < -0.4 is 5.32 Å². The first kappa shape index (κ1) is 15.1. The van der Waals surface area contributed by atoms with Crippen LogP contribution in [0.1, 0.15) is 22.5 Å². The van der Waals surface area contributed by atoms with Gasteiger partial charge >= 0.3 is 0 Å². The summed E-state index contributed by atoms with van der Waals surface area (Å²) in [5, 5.41) is 4.96. The van der Waals surface area contributed by atoms with Crippen LogP contribution in [0.15, 0.2) is 35.4 Å². The minimum Gasteiger partial charge on any atom is -0.379 e. The molecule has 2 aromatic rings. The second-order valence-corrected chi connectivity index (χ2v) is 5.73. The molecule has 3 heterocycles. The van der Waals surface area contributed by atoms with Crippen LogP contribution in [-0.4, -0.2) is 41.2 Å². The van der Waals surface area contributed by atoms with Crippen molar-refractivity contribution in [1.29, 1.82) is 0 Å². The smallest absolute Gasteiger partial charge is 0.253 e. The monoisotopic (exact) mass is 319 g/mol. The van der Waals surface area contributed by atoms with Crippen molar-refractivity contribution in [1.82, 2.24) is 15.3 Å². The highest BCUT2D eigenvalue weighted by molar-refractivity contribution is 7.07. The van der Waals surface area contributed by atoms with Gasteiger partial charge in [-0.25, -0.2) is 4.98 Å². The Hall–Kier alpha value is -1.83. The second-order valence-electron chi connectivity index (χ2n) is 5.01. The number of nitrogens with zero attached hydrogens (tertiary/aromatic N) is 2. The molecule has 3 rings (SSSR count). The lowest BCUT2D eigenvalue weighted by molar-refractivity contribution is -0.0742. The van der Waals surface area contributed by atoms with E-state index in [9.17, 15) is 4.79 Å². The summed E-state index contributed by atoms with van der Waals surface area (Å²) in [4.78, 5) is 20.4. The Bertz CT molecular complexity index is 591. The molecule has 0 radical (unpaired) electrons. The third-order valence-electron chi connectivity index (χ3n) is 3.47. The van der Waals surface area contributed by atoms with Gasteiger partial charge in [-0.3, -0.25) is 9.78 Å². The molecule has 0 unspecified atom stereocenters. The molecule has 1 amide bonds. The molecule has 116 valence electrons. The van der Waals surface area contributed by atoms with Gasteiger partial charge in [-0.15, -0.1) is 11.3 Å². The number of rotatable bonds is 5. The highest BCUT2D eigenvalue weighted by atomic mass is 32.1. The fraction of sp³-hybridized carbons (Fsp3) is 0.400. The van der Waals surface area contributed by atoms with E-state index in [0.717, 1.165) is 12.1 Å². The van der Waals surface area contributed by atoms with E-state index in [1.165, 1.54) is 11.3 Å². The predicted molar refractivity (Wildman–Crippen MR) is 81.6 cm³/mol. The quantitative estimate of drug-likeness (QED) is 0.907. The average Bonchev–Trinajstić information content (AvgIpc) is 3.08. The summed E-state index contributed by atoms with van der Waals surface area (Å²) in [5.74, 6) is -0.137. The van der Waals surface area contributed by atoms with Crippen molar-refractivity contribution in [3.8, 4) is 0 Å². The molecular weight excluding hydrogens is 302 g/mol. The molecule has 1 saturated heterocycles. The standard InChI is InChI=1S/C15H17N3O3S/c19-15(11-2-1-4-16-6-11)18-13-3-5-20-8-14(13)21-7-12-9-22-10-17-12/h1-2,4,6,9-10,13-14H,3,5,7-8H2,(H,18,19)/t13-,14-/m1/s1. The summed E-state index contributed by atoms with van der Waals surface area (Å²) < 4.78 is 11.3. The Labute approximate surface area is 132 Å². The summed E-state index contributed by atoms with van der Waals surface area (Å²) in [5.41, 5.74) is 3.22. The first-order chi connectivity index (χ1) is 10.8. The van der Waals surface area contributed by atoms with Gasteiger partial charge in [0, 0.05) is 24.4 Å². The number of nitrogens with one attached hydrogen (secondary N) is 1. The summed E-state index contributed by atoms with van der Waals surface area (Å²) in [6.45, 7) is 1.52. The first-order valence-corrected chi connectivity index (χ1v) is 8.04. The zero-order valence-corrected chi connectivity index (χ0v) is 12.8.